The van der Waals surface area contributed by atoms with E-state index in [1.165, 1.54) is 0 Å². The molecule has 7 heteroatoms. The van der Waals surface area contributed by atoms with Crippen molar-refractivity contribution in [2.75, 3.05) is 17.2 Å². The molecule has 0 saturated carbocycles. The van der Waals surface area contributed by atoms with Crippen LogP contribution in [0.25, 0.3) is 0 Å². The topological polar surface area (TPSA) is 93.0 Å². The molecule has 0 radical (unpaired) electrons. The van der Waals surface area contributed by atoms with Gasteiger partial charge in [0.05, 0.1) is 4.92 Å². The summed E-state index contributed by atoms with van der Waals surface area (Å²) in [4.78, 5) is 19.1. The van der Waals surface area contributed by atoms with Crippen molar-refractivity contribution < 1.29 is 4.92 Å². The van der Waals surface area contributed by atoms with Gasteiger partial charge in [-0.25, -0.2) is 4.98 Å². The van der Waals surface area contributed by atoms with Gasteiger partial charge < -0.3 is 10.6 Å². The quantitative estimate of drug-likeness (QED) is 0.648. The van der Waals surface area contributed by atoms with Crippen LogP contribution >= 0.6 is 0 Å². The lowest BCUT2D eigenvalue weighted by atomic mass is 10.2. The summed E-state index contributed by atoms with van der Waals surface area (Å²) >= 11 is 0. The largest absolute Gasteiger partial charge is 0.354 e. The van der Waals surface area contributed by atoms with Gasteiger partial charge in [-0.2, -0.15) is 4.98 Å². The molecule has 2 N–H and O–H groups in total. The van der Waals surface area contributed by atoms with Crippen LogP contribution in [-0.4, -0.2) is 21.4 Å². The standard InChI is InChI=1S/C14H17N5O2/c1-4-15-14-16-10(3)12(19(20)21)13(18-14)17-11-7-5-6-9(2)8-11/h5-8H,4H2,1-3H3,(H2,15,16,17,18). The van der Waals surface area contributed by atoms with Gasteiger partial charge in [-0.1, -0.05) is 12.1 Å². The molecule has 0 amide bonds. The molecule has 0 unspecified atom stereocenters. The Morgan fingerprint density at radius 2 is 2.05 bits per heavy atom. The van der Waals surface area contributed by atoms with Gasteiger partial charge in [0.25, 0.3) is 0 Å². The van der Waals surface area contributed by atoms with Gasteiger partial charge in [0.15, 0.2) is 0 Å². The van der Waals surface area contributed by atoms with Gasteiger partial charge in [-0.3, -0.25) is 10.1 Å². The molecule has 0 aliphatic heterocycles. The number of hydrogen-bond acceptors (Lipinski definition) is 6. The van der Waals surface area contributed by atoms with E-state index >= 15 is 0 Å². The molecule has 0 aliphatic carbocycles. The molecule has 1 heterocycles. The highest BCUT2D eigenvalue weighted by Crippen LogP contribution is 2.29. The Hall–Kier alpha value is -2.70. The molecular weight excluding hydrogens is 270 g/mol. The van der Waals surface area contributed by atoms with E-state index in [9.17, 15) is 10.1 Å². The second-order valence-corrected chi connectivity index (χ2v) is 4.61. The van der Waals surface area contributed by atoms with Crippen LogP contribution in [-0.2, 0) is 0 Å². The van der Waals surface area contributed by atoms with Gasteiger partial charge in [-0.05, 0) is 38.5 Å². The highest BCUT2D eigenvalue weighted by Gasteiger charge is 2.22. The fraction of sp³-hybridized carbons (Fsp3) is 0.286. The first-order chi connectivity index (χ1) is 10.0. The SMILES string of the molecule is CCNc1nc(C)c([N+](=O)[O-])c(Nc2cccc(C)c2)n1. The van der Waals surface area contributed by atoms with E-state index in [0.29, 0.717) is 18.2 Å². The number of rotatable bonds is 5. The third-order valence-electron chi connectivity index (χ3n) is 2.86. The number of benzene rings is 1. The summed E-state index contributed by atoms with van der Waals surface area (Å²) < 4.78 is 0. The van der Waals surface area contributed by atoms with E-state index in [1.54, 1.807) is 6.92 Å². The summed E-state index contributed by atoms with van der Waals surface area (Å²) in [5.41, 5.74) is 2.01. The number of nitrogens with zero attached hydrogens (tertiary/aromatic N) is 3. The molecular formula is C14H17N5O2. The normalized spacial score (nSPS) is 10.2. The molecule has 1 aromatic heterocycles. The third kappa shape index (κ3) is 3.44. The number of nitrogens with one attached hydrogen (secondary N) is 2. The van der Waals surface area contributed by atoms with Crippen LogP contribution in [0.4, 0.5) is 23.1 Å². The number of nitro groups is 1. The number of aromatic nitrogens is 2. The highest BCUT2D eigenvalue weighted by molar-refractivity contribution is 5.68. The molecule has 0 aliphatic rings. The van der Waals surface area contributed by atoms with Crippen LogP contribution in [0.5, 0.6) is 0 Å². The maximum atomic E-state index is 11.2. The van der Waals surface area contributed by atoms with Gasteiger partial charge >= 0.3 is 5.69 Å². The van der Waals surface area contributed by atoms with Crippen LogP contribution in [0.3, 0.4) is 0 Å². The zero-order valence-electron chi connectivity index (χ0n) is 12.2. The first-order valence-electron chi connectivity index (χ1n) is 6.62. The van der Waals surface area contributed by atoms with Crippen molar-refractivity contribution in [1.29, 1.82) is 0 Å². The Bertz CT molecular complexity index is 672. The minimum atomic E-state index is -0.469. The number of anilines is 3. The van der Waals surface area contributed by atoms with Crippen LogP contribution in [0.2, 0.25) is 0 Å². The van der Waals surface area contributed by atoms with Crippen molar-refractivity contribution in [3.05, 3.63) is 45.6 Å². The second-order valence-electron chi connectivity index (χ2n) is 4.61. The van der Waals surface area contributed by atoms with Crippen LogP contribution in [0.1, 0.15) is 18.2 Å². The van der Waals surface area contributed by atoms with Crippen LogP contribution in [0.15, 0.2) is 24.3 Å². The summed E-state index contributed by atoms with van der Waals surface area (Å²) in [5.74, 6) is 0.560. The van der Waals surface area contributed by atoms with E-state index in [-0.39, 0.29) is 11.5 Å². The van der Waals surface area contributed by atoms with Crippen molar-refractivity contribution in [1.82, 2.24) is 9.97 Å². The second kappa shape index (κ2) is 6.17. The van der Waals surface area contributed by atoms with Crippen LogP contribution < -0.4 is 10.6 Å². The van der Waals surface area contributed by atoms with Crippen molar-refractivity contribution in [2.45, 2.75) is 20.8 Å². The predicted molar refractivity (Wildman–Crippen MR) is 82.0 cm³/mol. The molecule has 0 bridgehead atoms. The minimum Gasteiger partial charge on any atom is -0.354 e. The molecule has 0 saturated heterocycles. The lowest BCUT2D eigenvalue weighted by Crippen LogP contribution is -2.09. The molecule has 2 rings (SSSR count). The molecule has 0 fully saturated rings. The Kier molecular flexibility index (Phi) is 4.32. The van der Waals surface area contributed by atoms with Gasteiger partial charge in [0, 0.05) is 12.2 Å². The molecule has 2 aromatic rings. The maximum absolute atomic E-state index is 11.2. The molecule has 110 valence electrons. The maximum Gasteiger partial charge on any atom is 0.332 e. The predicted octanol–water partition coefficient (Wildman–Crippen LogP) is 3.18. The van der Waals surface area contributed by atoms with Crippen LogP contribution in [0, 0.1) is 24.0 Å². The summed E-state index contributed by atoms with van der Waals surface area (Å²) in [6.07, 6.45) is 0. The molecule has 0 spiro atoms. The summed E-state index contributed by atoms with van der Waals surface area (Å²) in [7, 11) is 0. The first kappa shape index (κ1) is 14.7. The lowest BCUT2D eigenvalue weighted by molar-refractivity contribution is -0.385. The van der Waals surface area contributed by atoms with E-state index in [1.807, 2.05) is 38.1 Å². The Morgan fingerprint density at radius 3 is 2.67 bits per heavy atom. The Labute approximate surface area is 122 Å². The van der Waals surface area contributed by atoms with Gasteiger partial charge in [0.1, 0.15) is 5.69 Å². The zero-order valence-corrected chi connectivity index (χ0v) is 12.2. The molecule has 21 heavy (non-hydrogen) atoms. The first-order valence-corrected chi connectivity index (χ1v) is 6.62. The average Bonchev–Trinajstić information content (AvgIpc) is 2.38. The smallest absolute Gasteiger partial charge is 0.332 e. The highest BCUT2D eigenvalue weighted by atomic mass is 16.6. The number of hydrogen-bond donors (Lipinski definition) is 2. The third-order valence-corrected chi connectivity index (χ3v) is 2.86. The van der Waals surface area contributed by atoms with E-state index in [4.69, 9.17) is 0 Å². The minimum absolute atomic E-state index is 0.113. The molecule has 0 atom stereocenters. The monoisotopic (exact) mass is 287 g/mol. The number of aryl methyl sites for hydroxylation is 2. The fourth-order valence-corrected chi connectivity index (χ4v) is 1.97. The summed E-state index contributed by atoms with van der Waals surface area (Å²) in [5, 5.41) is 17.2. The van der Waals surface area contributed by atoms with Crippen molar-refractivity contribution in [2.24, 2.45) is 0 Å². The van der Waals surface area contributed by atoms with E-state index < -0.39 is 4.92 Å². The summed E-state index contributed by atoms with van der Waals surface area (Å²) in [6, 6.07) is 7.56. The Balaban J connectivity index is 2.46. The van der Waals surface area contributed by atoms with Crippen molar-refractivity contribution >= 4 is 23.1 Å². The van der Waals surface area contributed by atoms with Gasteiger partial charge in [-0.15, -0.1) is 0 Å². The lowest BCUT2D eigenvalue weighted by Gasteiger charge is -2.10. The fourth-order valence-electron chi connectivity index (χ4n) is 1.97. The average molecular weight is 287 g/mol. The Morgan fingerprint density at radius 1 is 1.29 bits per heavy atom. The van der Waals surface area contributed by atoms with Crippen molar-refractivity contribution in [3.8, 4) is 0 Å². The summed E-state index contributed by atoms with van der Waals surface area (Å²) in [6.45, 7) is 6.10. The molecule has 7 nitrogen and oxygen atoms in total. The van der Waals surface area contributed by atoms with Crippen molar-refractivity contribution in [3.63, 3.8) is 0 Å². The van der Waals surface area contributed by atoms with E-state index in [0.717, 1.165) is 11.3 Å². The zero-order chi connectivity index (χ0) is 15.4. The van der Waals surface area contributed by atoms with E-state index in [2.05, 4.69) is 20.6 Å². The molecule has 1 aromatic carbocycles. The van der Waals surface area contributed by atoms with Gasteiger partial charge in [0.2, 0.25) is 11.8 Å².